The molecule has 15 heteroatoms. The highest BCUT2D eigenvalue weighted by atomic mass is 35.5. The van der Waals surface area contributed by atoms with Crippen molar-refractivity contribution in [2.75, 3.05) is 28.8 Å². The molecule has 1 N–H and O–H groups in total. The Labute approximate surface area is 377 Å². The molecule has 2 saturated heterocycles. The number of fused-ring (bicyclic) bond motifs is 5. The van der Waals surface area contributed by atoms with Crippen LogP contribution in [0.2, 0.25) is 10.0 Å². The van der Waals surface area contributed by atoms with Gasteiger partial charge >= 0.3 is 0 Å². The molecule has 4 aromatic carbocycles. The van der Waals surface area contributed by atoms with Crippen molar-refractivity contribution in [3.05, 3.63) is 124 Å². The summed E-state index contributed by atoms with van der Waals surface area (Å²) < 4.78 is 2.58. The molecule has 0 spiro atoms. The number of aromatic nitrogens is 2. The second-order valence-corrected chi connectivity index (χ2v) is 19.1. The van der Waals surface area contributed by atoms with Gasteiger partial charge in [0.1, 0.15) is 17.3 Å². The Morgan fingerprint density at radius 1 is 0.825 bits per heavy atom. The van der Waals surface area contributed by atoms with Gasteiger partial charge in [0.2, 0.25) is 23.6 Å². The van der Waals surface area contributed by atoms with Gasteiger partial charge in [-0.2, -0.15) is 15.3 Å². The van der Waals surface area contributed by atoms with Gasteiger partial charge in [-0.1, -0.05) is 34.9 Å². The van der Waals surface area contributed by atoms with Gasteiger partial charge < -0.3 is 10.0 Å². The van der Waals surface area contributed by atoms with Crippen molar-refractivity contribution in [2.24, 2.45) is 46.4 Å². The summed E-state index contributed by atoms with van der Waals surface area (Å²) in [7, 11) is 5.63. The molecular formula is C48H41Cl2N7O5S. The number of carbonyl (C=O) groups excluding carboxylic acids is 4. The number of imide groups is 2. The van der Waals surface area contributed by atoms with Crippen LogP contribution in [0.3, 0.4) is 0 Å². The molecule has 4 amide bonds. The van der Waals surface area contributed by atoms with E-state index >= 15 is 9.59 Å². The van der Waals surface area contributed by atoms with Crippen LogP contribution < -0.4 is 14.7 Å². The normalized spacial score (nSPS) is 24.4. The molecule has 1 saturated carbocycles. The average Bonchev–Trinajstić information content (AvgIpc) is 3.94. The molecule has 4 aliphatic rings. The maximum Gasteiger partial charge on any atom is 0.242 e. The Bertz CT molecular complexity index is 3000. The van der Waals surface area contributed by atoms with Crippen LogP contribution in [0.1, 0.15) is 36.8 Å². The summed E-state index contributed by atoms with van der Waals surface area (Å²) in [6.45, 7) is 3.77. The number of azo groups is 1. The van der Waals surface area contributed by atoms with E-state index in [1.807, 2.05) is 74.5 Å². The van der Waals surface area contributed by atoms with Crippen LogP contribution in [0.15, 0.2) is 113 Å². The first-order valence-electron chi connectivity index (χ1n) is 20.6. The Balaban J connectivity index is 0.993. The third-order valence-electron chi connectivity index (χ3n) is 13.5. The molecule has 10 rings (SSSR count). The highest BCUT2D eigenvalue weighted by Crippen LogP contribution is 2.64. The number of carbonyl (C=O) groups is 4. The Kier molecular flexibility index (Phi) is 9.73. The summed E-state index contributed by atoms with van der Waals surface area (Å²) in [4.78, 5) is 64.5. The lowest BCUT2D eigenvalue weighted by Crippen LogP contribution is -2.49. The van der Waals surface area contributed by atoms with Gasteiger partial charge in [0.05, 0.1) is 45.1 Å². The number of benzene rings is 4. The fraction of sp³-hybridized carbons (Fsp3) is 0.271. The van der Waals surface area contributed by atoms with Gasteiger partial charge in [0.25, 0.3) is 0 Å². The van der Waals surface area contributed by atoms with Crippen molar-refractivity contribution in [2.45, 2.75) is 32.6 Å². The number of phenolic OH excluding ortho intramolecular Hbond substituents is 1. The van der Waals surface area contributed by atoms with Crippen LogP contribution in [-0.2, 0) is 26.2 Å². The van der Waals surface area contributed by atoms with E-state index in [2.05, 4.69) is 10.2 Å². The number of anilines is 3. The molecule has 6 atom stereocenters. The number of aryl methyl sites for hydroxylation is 2. The van der Waals surface area contributed by atoms with Gasteiger partial charge in [-0.15, -0.1) is 11.3 Å². The third-order valence-corrected chi connectivity index (χ3v) is 15.3. The van der Waals surface area contributed by atoms with E-state index in [0.717, 1.165) is 31.8 Å². The zero-order valence-corrected chi connectivity index (χ0v) is 37.2. The van der Waals surface area contributed by atoms with Gasteiger partial charge in [0, 0.05) is 59.1 Å². The lowest BCUT2D eigenvalue weighted by Gasteiger charge is -2.49. The molecule has 318 valence electrons. The molecule has 0 radical (unpaired) electrons. The summed E-state index contributed by atoms with van der Waals surface area (Å²) in [5, 5.41) is 27.0. The van der Waals surface area contributed by atoms with E-state index in [9.17, 15) is 14.7 Å². The fourth-order valence-electron chi connectivity index (χ4n) is 10.4. The van der Waals surface area contributed by atoms with Crippen LogP contribution in [-0.4, -0.2) is 52.6 Å². The topological polar surface area (TPSA) is 141 Å². The van der Waals surface area contributed by atoms with E-state index in [1.165, 1.54) is 15.9 Å². The van der Waals surface area contributed by atoms with E-state index < -0.39 is 46.8 Å². The summed E-state index contributed by atoms with van der Waals surface area (Å²) in [6, 6.07) is 26.6. The Morgan fingerprint density at radius 3 is 2.19 bits per heavy atom. The van der Waals surface area contributed by atoms with E-state index in [0.29, 0.717) is 44.2 Å². The van der Waals surface area contributed by atoms with Crippen LogP contribution >= 0.6 is 34.5 Å². The predicted molar refractivity (Wildman–Crippen MR) is 245 cm³/mol. The first kappa shape index (κ1) is 40.9. The van der Waals surface area contributed by atoms with Gasteiger partial charge in [-0.3, -0.25) is 28.8 Å². The van der Waals surface area contributed by atoms with E-state index in [4.69, 9.17) is 28.3 Å². The number of hydrogen-bond acceptors (Lipinski definition) is 10. The van der Waals surface area contributed by atoms with Crippen molar-refractivity contribution in [1.29, 1.82) is 0 Å². The maximum absolute atomic E-state index is 15.2. The number of aromatic hydroxyl groups is 1. The molecular weight excluding hydrogens is 858 g/mol. The van der Waals surface area contributed by atoms with Crippen molar-refractivity contribution in [3.8, 4) is 16.3 Å². The van der Waals surface area contributed by atoms with E-state index in [-0.39, 0.29) is 30.4 Å². The first-order valence-corrected chi connectivity index (χ1v) is 22.2. The van der Waals surface area contributed by atoms with Crippen molar-refractivity contribution >= 4 is 96.8 Å². The highest BCUT2D eigenvalue weighted by Gasteiger charge is 2.68. The molecule has 2 aliphatic carbocycles. The van der Waals surface area contributed by atoms with Crippen LogP contribution in [0.25, 0.3) is 20.7 Å². The fourth-order valence-corrected chi connectivity index (χ4v) is 11.9. The number of halogens is 2. The number of thiophene rings is 1. The lowest BCUT2D eigenvalue weighted by molar-refractivity contribution is -0.131. The summed E-state index contributed by atoms with van der Waals surface area (Å²) in [6.07, 6.45) is 2.33. The molecule has 2 aromatic heterocycles. The minimum atomic E-state index is -1.40. The second kappa shape index (κ2) is 15.0. The number of phenols is 1. The molecule has 12 nitrogen and oxygen atoms in total. The largest absolute Gasteiger partial charge is 0.508 e. The zero-order chi connectivity index (χ0) is 44.2. The average molecular weight is 899 g/mol. The quantitative estimate of drug-likeness (QED) is 0.0955. The third kappa shape index (κ3) is 6.34. The molecule has 0 bridgehead atoms. The number of nitrogens with zero attached hydrogens (tertiary/aromatic N) is 7. The molecule has 3 fully saturated rings. The highest BCUT2D eigenvalue weighted by molar-refractivity contribution is 7.22. The Morgan fingerprint density at radius 2 is 1.49 bits per heavy atom. The minimum absolute atomic E-state index is 0.0897. The smallest absolute Gasteiger partial charge is 0.242 e. The summed E-state index contributed by atoms with van der Waals surface area (Å²) >= 11 is 14.5. The van der Waals surface area contributed by atoms with Gasteiger partial charge in [-0.05, 0) is 128 Å². The SMILES string of the molecule is Cc1c(-c2cc(N3C(=O)[C@@H]4C[C@@H]5C(=CC[C@@H]6C(=O)N(c7ccc(/N=N/c8ccc(N(C)C)cc8)cc7)C(=O)[C@@H]65)[C@H](c5cc(Cl)ccc5O)[C@]4(C)C3=O)n(C)n2)sc2ccc(Cl)cc12. The van der Waals surface area contributed by atoms with Crippen LogP contribution in [0.4, 0.5) is 28.6 Å². The number of allylic oxidation sites excluding steroid dienone is 2. The monoisotopic (exact) mass is 897 g/mol. The molecule has 4 heterocycles. The minimum Gasteiger partial charge on any atom is -0.508 e. The van der Waals surface area contributed by atoms with Crippen molar-refractivity contribution < 1.29 is 24.3 Å². The summed E-state index contributed by atoms with van der Waals surface area (Å²) in [5.74, 6) is -5.21. The second-order valence-electron chi connectivity index (χ2n) is 17.2. The van der Waals surface area contributed by atoms with Crippen molar-refractivity contribution in [3.63, 3.8) is 0 Å². The standard InChI is InChI=1S/C48H41Cl2N7O5S/c1-24-33-20-26(50)7-19-39(33)63-43(24)37-23-40(55(5)53-37)57-45(60)36-22-34-31(42(48(36,2)47(57)62)35-21-25(49)6-18-38(35)58)16-17-32-41(34)46(61)56(44(32)59)30-14-10-28(11-15-30)52-51-27-8-12-29(13-9-27)54(3)4/h6-16,18-21,23,32,34,36,41-42,58H,17,22H2,1-5H3/b52-51+/t32-,34+,36-,41-,42+,48+/m0/s1. The van der Waals surface area contributed by atoms with Gasteiger partial charge in [0.15, 0.2) is 0 Å². The predicted octanol–water partition coefficient (Wildman–Crippen LogP) is 10.5. The van der Waals surface area contributed by atoms with Crippen LogP contribution in [0.5, 0.6) is 5.75 Å². The zero-order valence-electron chi connectivity index (χ0n) is 34.9. The van der Waals surface area contributed by atoms with Crippen molar-refractivity contribution in [1.82, 2.24) is 9.78 Å². The lowest BCUT2D eigenvalue weighted by atomic mass is 9.51. The number of rotatable bonds is 7. The molecule has 0 unspecified atom stereocenters. The first-order chi connectivity index (χ1) is 30.1. The molecule has 63 heavy (non-hydrogen) atoms. The molecule has 6 aromatic rings. The van der Waals surface area contributed by atoms with Gasteiger partial charge in [-0.25, -0.2) is 4.90 Å². The summed E-state index contributed by atoms with van der Waals surface area (Å²) in [5.41, 5.74) is 3.97. The number of hydrogen-bond donors (Lipinski definition) is 1. The van der Waals surface area contributed by atoms with E-state index in [1.54, 1.807) is 72.5 Å². The van der Waals surface area contributed by atoms with Crippen LogP contribution in [0, 0.1) is 36.0 Å². The number of amides is 4. The molecule has 2 aliphatic heterocycles. The Hall–Kier alpha value is -6.15. The maximum atomic E-state index is 15.2.